The molecule has 0 radical (unpaired) electrons. The van der Waals surface area contributed by atoms with E-state index in [0.29, 0.717) is 13.0 Å². The molecule has 1 heterocycles. The van der Waals surface area contributed by atoms with Crippen molar-refractivity contribution in [1.29, 1.82) is 0 Å². The first kappa shape index (κ1) is 28.4. The highest BCUT2D eigenvalue weighted by molar-refractivity contribution is 5.69. The van der Waals surface area contributed by atoms with Crippen molar-refractivity contribution in [2.45, 2.75) is 135 Å². The molecule has 0 bridgehead atoms. The van der Waals surface area contributed by atoms with E-state index in [0.717, 1.165) is 19.3 Å². The third-order valence-corrected chi connectivity index (χ3v) is 5.75. The number of cyclic esters (lactones) is 1. The van der Waals surface area contributed by atoms with Crippen molar-refractivity contribution in [3.8, 4) is 0 Å². The number of esters is 1. The molecule has 1 saturated heterocycles. The van der Waals surface area contributed by atoms with Crippen LogP contribution in [0.1, 0.15) is 135 Å². The van der Waals surface area contributed by atoms with Crippen LogP contribution in [-0.2, 0) is 9.53 Å². The molecule has 3 heteroatoms. The van der Waals surface area contributed by atoms with Gasteiger partial charge in [-0.2, -0.15) is 0 Å². The van der Waals surface area contributed by atoms with E-state index < -0.39 is 0 Å². The minimum atomic E-state index is -0.0255. The molecule has 29 heavy (non-hydrogen) atoms. The maximum Gasteiger partial charge on any atom is 0.305 e. The predicted octanol–water partition coefficient (Wildman–Crippen LogP) is 7.91. The Hall–Kier alpha value is -0.570. The van der Waals surface area contributed by atoms with Gasteiger partial charge in [0.1, 0.15) is 0 Å². The Kier molecular flexibility index (Phi) is 23.2. The molecule has 0 aromatic heterocycles. The molecule has 3 nitrogen and oxygen atoms in total. The lowest BCUT2D eigenvalue weighted by molar-refractivity contribution is -0.142. The first-order chi connectivity index (χ1) is 14.2. The van der Waals surface area contributed by atoms with Crippen molar-refractivity contribution in [3.63, 3.8) is 0 Å². The summed E-state index contributed by atoms with van der Waals surface area (Å²) in [4.78, 5) is 12.8. The number of hydrogen-bond donors (Lipinski definition) is 0. The van der Waals surface area contributed by atoms with Crippen LogP contribution in [0.25, 0.3) is 0 Å². The molecule has 0 amide bonds. The van der Waals surface area contributed by atoms with Crippen molar-refractivity contribution in [1.82, 2.24) is 4.90 Å². The van der Waals surface area contributed by atoms with E-state index in [-0.39, 0.29) is 5.97 Å². The first-order valence-electron chi connectivity index (χ1n) is 13.0. The van der Waals surface area contributed by atoms with Gasteiger partial charge >= 0.3 is 5.97 Å². The van der Waals surface area contributed by atoms with E-state index in [1.165, 1.54) is 109 Å². The van der Waals surface area contributed by atoms with Crippen LogP contribution in [0.5, 0.6) is 0 Å². The number of hydrogen-bond acceptors (Lipinski definition) is 3. The highest BCUT2D eigenvalue weighted by Crippen LogP contribution is 2.13. The highest BCUT2D eigenvalue weighted by atomic mass is 16.5. The maximum atomic E-state index is 10.5. The van der Waals surface area contributed by atoms with E-state index in [9.17, 15) is 4.79 Å². The van der Waals surface area contributed by atoms with Crippen LogP contribution in [0.3, 0.4) is 0 Å². The molecule has 0 aromatic rings. The van der Waals surface area contributed by atoms with Crippen LogP contribution in [0, 0.1) is 0 Å². The number of carbonyl (C=O) groups is 1. The minimum Gasteiger partial charge on any atom is -0.466 e. The van der Waals surface area contributed by atoms with Crippen LogP contribution in [-0.4, -0.2) is 38.1 Å². The molecule has 0 spiro atoms. The molecule has 1 rings (SSSR count). The molecule has 1 aliphatic rings. The fraction of sp³-hybridized carbons (Fsp3) is 0.962. The quantitative estimate of drug-likeness (QED) is 0.180. The smallest absolute Gasteiger partial charge is 0.305 e. The molecular weight excluding hydrogens is 358 g/mol. The number of ether oxygens (including phenoxy) is 1. The Morgan fingerprint density at radius 3 is 1.55 bits per heavy atom. The normalized spacial score (nSPS) is 14.3. The molecule has 0 saturated carbocycles. The van der Waals surface area contributed by atoms with E-state index >= 15 is 0 Å². The van der Waals surface area contributed by atoms with E-state index in [1.807, 2.05) is 0 Å². The van der Waals surface area contributed by atoms with Crippen molar-refractivity contribution in [2.24, 2.45) is 0 Å². The second kappa shape index (κ2) is 23.7. The van der Waals surface area contributed by atoms with E-state index in [2.05, 4.69) is 25.9 Å². The van der Waals surface area contributed by atoms with Crippen molar-refractivity contribution < 1.29 is 9.53 Å². The fourth-order valence-electron chi connectivity index (χ4n) is 3.78. The standard InChI is InChI=1S/C20H43N.C6H10O2/c1-4-5-6-7-8-9-10-11-12-13-14-15-16-17-18-19-20-21(2)3;7-6-4-2-1-3-5-8-6/h4-20H2,1-3H3;1-5H2. The SMILES string of the molecule is CCCCCCCCCCCCCCCCCCN(C)C.O=C1CCCCCO1. The van der Waals surface area contributed by atoms with Gasteiger partial charge in [-0.25, -0.2) is 0 Å². The van der Waals surface area contributed by atoms with Crippen molar-refractivity contribution in [2.75, 3.05) is 27.2 Å². The topological polar surface area (TPSA) is 29.5 Å². The third-order valence-electron chi connectivity index (χ3n) is 5.75. The molecule has 0 unspecified atom stereocenters. The predicted molar refractivity (Wildman–Crippen MR) is 128 cm³/mol. The first-order valence-corrected chi connectivity index (χ1v) is 13.0. The summed E-state index contributed by atoms with van der Waals surface area (Å²) in [7, 11) is 4.34. The molecule has 174 valence electrons. The van der Waals surface area contributed by atoms with Crippen LogP contribution in [0.2, 0.25) is 0 Å². The van der Waals surface area contributed by atoms with Gasteiger partial charge in [-0.1, -0.05) is 103 Å². The Bertz CT molecular complexity index is 321. The summed E-state index contributed by atoms with van der Waals surface area (Å²) in [5, 5.41) is 0. The summed E-state index contributed by atoms with van der Waals surface area (Å²) in [5.41, 5.74) is 0. The minimum absolute atomic E-state index is 0.0255. The summed E-state index contributed by atoms with van der Waals surface area (Å²) in [5.74, 6) is -0.0255. The number of carbonyl (C=O) groups excluding carboxylic acids is 1. The molecule has 0 atom stereocenters. The summed E-state index contributed by atoms with van der Waals surface area (Å²) in [6.45, 7) is 4.20. The van der Waals surface area contributed by atoms with Crippen LogP contribution in [0.15, 0.2) is 0 Å². The Labute approximate surface area is 183 Å². The second-order valence-corrected chi connectivity index (χ2v) is 9.14. The lowest BCUT2D eigenvalue weighted by Gasteiger charge is -2.08. The molecular formula is C26H53NO2. The largest absolute Gasteiger partial charge is 0.466 e. The highest BCUT2D eigenvalue weighted by Gasteiger charge is 2.05. The Morgan fingerprint density at radius 1 is 0.655 bits per heavy atom. The van der Waals surface area contributed by atoms with Gasteiger partial charge in [0.05, 0.1) is 6.61 Å². The summed E-state index contributed by atoms with van der Waals surface area (Å²) in [6.07, 6.45) is 27.1. The Morgan fingerprint density at radius 2 is 1.10 bits per heavy atom. The third kappa shape index (κ3) is 25.4. The summed E-state index contributed by atoms with van der Waals surface area (Å²) < 4.78 is 4.76. The van der Waals surface area contributed by atoms with Crippen LogP contribution < -0.4 is 0 Å². The van der Waals surface area contributed by atoms with E-state index in [4.69, 9.17) is 4.74 Å². The van der Waals surface area contributed by atoms with Gasteiger partial charge in [0.25, 0.3) is 0 Å². The van der Waals surface area contributed by atoms with Crippen LogP contribution >= 0.6 is 0 Å². The molecule has 1 fully saturated rings. The van der Waals surface area contributed by atoms with Gasteiger partial charge in [-0.15, -0.1) is 0 Å². The zero-order chi connectivity index (χ0) is 21.4. The van der Waals surface area contributed by atoms with Crippen molar-refractivity contribution in [3.05, 3.63) is 0 Å². The molecule has 0 N–H and O–H groups in total. The van der Waals surface area contributed by atoms with Gasteiger partial charge in [0.15, 0.2) is 0 Å². The molecule has 0 aliphatic carbocycles. The summed E-state index contributed by atoms with van der Waals surface area (Å²) >= 11 is 0. The monoisotopic (exact) mass is 411 g/mol. The zero-order valence-corrected chi connectivity index (χ0v) is 20.3. The van der Waals surface area contributed by atoms with Gasteiger partial charge in [-0.05, 0) is 46.3 Å². The number of rotatable bonds is 17. The fourth-order valence-corrected chi connectivity index (χ4v) is 3.78. The number of unbranched alkanes of at least 4 members (excludes halogenated alkanes) is 15. The van der Waals surface area contributed by atoms with E-state index in [1.54, 1.807) is 0 Å². The lowest BCUT2D eigenvalue weighted by Crippen LogP contribution is -2.12. The van der Waals surface area contributed by atoms with Crippen molar-refractivity contribution >= 4 is 5.97 Å². The van der Waals surface area contributed by atoms with Gasteiger partial charge in [0, 0.05) is 6.42 Å². The van der Waals surface area contributed by atoms with Gasteiger partial charge < -0.3 is 9.64 Å². The van der Waals surface area contributed by atoms with Crippen LogP contribution in [0.4, 0.5) is 0 Å². The lowest BCUT2D eigenvalue weighted by atomic mass is 10.0. The number of nitrogens with zero attached hydrogens (tertiary/aromatic N) is 1. The maximum absolute atomic E-state index is 10.5. The summed E-state index contributed by atoms with van der Waals surface area (Å²) in [6, 6.07) is 0. The second-order valence-electron chi connectivity index (χ2n) is 9.14. The Balaban J connectivity index is 0.000000807. The van der Waals surface area contributed by atoms with Gasteiger partial charge in [0.2, 0.25) is 0 Å². The molecule has 1 aliphatic heterocycles. The average Bonchev–Trinajstić information content (AvgIpc) is 2.95. The average molecular weight is 412 g/mol. The molecule has 0 aromatic carbocycles. The zero-order valence-electron chi connectivity index (χ0n) is 20.3. The van der Waals surface area contributed by atoms with Gasteiger partial charge in [-0.3, -0.25) is 4.79 Å².